The molecule has 0 saturated heterocycles. The Morgan fingerprint density at radius 2 is 1.80 bits per heavy atom. The van der Waals surface area contributed by atoms with Crippen LogP contribution in [-0.4, -0.2) is 26.3 Å². The van der Waals surface area contributed by atoms with Gasteiger partial charge in [0.1, 0.15) is 0 Å². The van der Waals surface area contributed by atoms with Crippen LogP contribution in [0.25, 0.3) is 0 Å². The Hall–Kier alpha value is -0.0800. The normalized spacial score (nSPS) is 13.4. The van der Waals surface area contributed by atoms with Gasteiger partial charge in [-0.3, -0.25) is 0 Å². The summed E-state index contributed by atoms with van der Waals surface area (Å²) < 4.78 is 5.10. The minimum absolute atomic E-state index is 0.690. The van der Waals surface area contributed by atoms with Gasteiger partial charge in [0.15, 0.2) is 0 Å². The molecule has 0 heterocycles. The van der Waals surface area contributed by atoms with E-state index in [1.165, 1.54) is 32.1 Å². The second-order valence-electron chi connectivity index (χ2n) is 4.31. The van der Waals surface area contributed by atoms with E-state index in [1.54, 1.807) is 7.11 Å². The summed E-state index contributed by atoms with van der Waals surface area (Å²) in [6.07, 6.45) is 6.36. The van der Waals surface area contributed by atoms with Gasteiger partial charge >= 0.3 is 0 Å². The van der Waals surface area contributed by atoms with Crippen LogP contribution in [0.15, 0.2) is 0 Å². The number of ether oxygens (including phenoxy) is 1. The summed E-state index contributed by atoms with van der Waals surface area (Å²) >= 11 is 0. The maximum Gasteiger partial charge on any atom is 0.0462 e. The first-order valence-corrected chi connectivity index (χ1v) is 6.50. The summed E-state index contributed by atoms with van der Waals surface area (Å²) in [5, 5.41) is 3.59. The Balaban J connectivity index is 3.79. The van der Waals surface area contributed by atoms with Crippen molar-refractivity contribution in [1.29, 1.82) is 0 Å². The topological polar surface area (TPSA) is 21.3 Å². The van der Waals surface area contributed by atoms with E-state index in [2.05, 4.69) is 26.1 Å². The third-order valence-electron chi connectivity index (χ3n) is 3.17. The van der Waals surface area contributed by atoms with Gasteiger partial charge in [-0.05, 0) is 31.7 Å². The molecule has 0 aliphatic rings. The molecule has 0 aliphatic carbocycles. The molecule has 0 bridgehead atoms. The summed E-state index contributed by atoms with van der Waals surface area (Å²) in [4.78, 5) is 0. The van der Waals surface area contributed by atoms with E-state index in [0.717, 1.165) is 19.1 Å². The van der Waals surface area contributed by atoms with E-state index in [0.29, 0.717) is 6.04 Å². The summed E-state index contributed by atoms with van der Waals surface area (Å²) in [6.45, 7) is 8.76. The molecule has 2 nitrogen and oxygen atoms in total. The van der Waals surface area contributed by atoms with Crippen molar-refractivity contribution >= 4 is 0 Å². The van der Waals surface area contributed by atoms with Crippen LogP contribution in [0, 0.1) is 5.92 Å². The largest absolute Gasteiger partial charge is 0.385 e. The molecule has 1 atom stereocenters. The second kappa shape index (κ2) is 10.4. The number of hydrogen-bond donors (Lipinski definition) is 1. The average Bonchev–Trinajstić information content (AvgIpc) is 2.26. The van der Waals surface area contributed by atoms with Crippen molar-refractivity contribution in [3.63, 3.8) is 0 Å². The molecule has 0 aromatic heterocycles. The molecule has 15 heavy (non-hydrogen) atoms. The van der Waals surface area contributed by atoms with Gasteiger partial charge in [-0.2, -0.15) is 0 Å². The SMILES string of the molecule is CCNC(CCCOC)CC(CC)CC. The summed E-state index contributed by atoms with van der Waals surface area (Å²) in [5.41, 5.74) is 0. The highest BCUT2D eigenvalue weighted by Crippen LogP contribution is 2.17. The lowest BCUT2D eigenvalue weighted by Gasteiger charge is -2.22. The molecule has 0 aliphatic heterocycles. The molecule has 0 aromatic rings. The van der Waals surface area contributed by atoms with Crippen LogP contribution in [0.5, 0.6) is 0 Å². The smallest absolute Gasteiger partial charge is 0.0462 e. The van der Waals surface area contributed by atoms with Gasteiger partial charge in [-0.1, -0.05) is 33.6 Å². The fourth-order valence-electron chi connectivity index (χ4n) is 2.09. The van der Waals surface area contributed by atoms with E-state index in [9.17, 15) is 0 Å². The molecule has 2 heteroatoms. The predicted octanol–water partition coefficient (Wildman–Crippen LogP) is 3.22. The molecule has 0 amide bonds. The Morgan fingerprint density at radius 3 is 2.27 bits per heavy atom. The zero-order valence-electron chi connectivity index (χ0n) is 11.0. The van der Waals surface area contributed by atoms with Crippen LogP contribution in [0.3, 0.4) is 0 Å². The highest BCUT2D eigenvalue weighted by atomic mass is 16.5. The van der Waals surface area contributed by atoms with Gasteiger partial charge < -0.3 is 10.1 Å². The summed E-state index contributed by atoms with van der Waals surface area (Å²) in [5.74, 6) is 0.886. The van der Waals surface area contributed by atoms with Crippen molar-refractivity contribution in [2.45, 2.75) is 58.9 Å². The van der Waals surface area contributed by atoms with Crippen molar-refractivity contribution in [2.75, 3.05) is 20.3 Å². The minimum atomic E-state index is 0.690. The zero-order valence-corrected chi connectivity index (χ0v) is 11.0. The van der Waals surface area contributed by atoms with Gasteiger partial charge in [0.05, 0.1) is 0 Å². The third kappa shape index (κ3) is 7.80. The molecule has 0 aromatic carbocycles. The van der Waals surface area contributed by atoms with Crippen molar-refractivity contribution < 1.29 is 4.74 Å². The summed E-state index contributed by atoms with van der Waals surface area (Å²) in [7, 11) is 1.78. The molecular formula is C13H29NO. The maximum absolute atomic E-state index is 5.10. The first kappa shape index (κ1) is 14.9. The average molecular weight is 215 g/mol. The molecular weight excluding hydrogens is 186 g/mol. The predicted molar refractivity (Wildman–Crippen MR) is 67.3 cm³/mol. The number of methoxy groups -OCH3 is 1. The fourth-order valence-corrected chi connectivity index (χ4v) is 2.09. The van der Waals surface area contributed by atoms with E-state index < -0.39 is 0 Å². The highest BCUT2D eigenvalue weighted by molar-refractivity contribution is 4.70. The molecule has 0 saturated carbocycles. The number of nitrogens with one attached hydrogen (secondary N) is 1. The lowest BCUT2D eigenvalue weighted by Crippen LogP contribution is -2.31. The molecule has 0 rings (SSSR count). The second-order valence-corrected chi connectivity index (χ2v) is 4.31. The van der Waals surface area contributed by atoms with E-state index in [1.807, 2.05) is 0 Å². The van der Waals surface area contributed by atoms with E-state index in [4.69, 9.17) is 4.74 Å². The van der Waals surface area contributed by atoms with Crippen LogP contribution in [0.2, 0.25) is 0 Å². The van der Waals surface area contributed by atoms with Crippen LogP contribution in [0.1, 0.15) is 52.9 Å². The van der Waals surface area contributed by atoms with E-state index in [-0.39, 0.29) is 0 Å². The van der Waals surface area contributed by atoms with Gasteiger partial charge in [0, 0.05) is 19.8 Å². The van der Waals surface area contributed by atoms with Gasteiger partial charge in [0.2, 0.25) is 0 Å². The van der Waals surface area contributed by atoms with Crippen molar-refractivity contribution in [3.05, 3.63) is 0 Å². The Labute approximate surface area is 95.8 Å². The summed E-state index contributed by atoms with van der Waals surface area (Å²) in [6, 6.07) is 0.690. The molecule has 92 valence electrons. The quantitative estimate of drug-likeness (QED) is 0.565. The van der Waals surface area contributed by atoms with Gasteiger partial charge in [-0.15, -0.1) is 0 Å². The Bertz CT molecular complexity index is 124. The van der Waals surface area contributed by atoms with E-state index >= 15 is 0 Å². The van der Waals surface area contributed by atoms with Crippen molar-refractivity contribution in [1.82, 2.24) is 5.32 Å². The standard InChI is InChI=1S/C13H29NO/c1-5-12(6-2)11-13(14-7-3)9-8-10-15-4/h12-14H,5-11H2,1-4H3. The molecule has 1 unspecified atom stereocenters. The van der Waals surface area contributed by atoms with Gasteiger partial charge in [0.25, 0.3) is 0 Å². The third-order valence-corrected chi connectivity index (χ3v) is 3.17. The van der Waals surface area contributed by atoms with Crippen molar-refractivity contribution in [2.24, 2.45) is 5.92 Å². The molecule has 0 radical (unpaired) electrons. The lowest BCUT2D eigenvalue weighted by atomic mass is 9.92. The van der Waals surface area contributed by atoms with Crippen LogP contribution >= 0.6 is 0 Å². The molecule has 0 spiro atoms. The fraction of sp³-hybridized carbons (Fsp3) is 1.00. The number of rotatable bonds is 10. The Kier molecular flexibility index (Phi) is 10.4. The Morgan fingerprint density at radius 1 is 1.13 bits per heavy atom. The van der Waals surface area contributed by atoms with Gasteiger partial charge in [-0.25, -0.2) is 0 Å². The first-order valence-electron chi connectivity index (χ1n) is 6.50. The monoisotopic (exact) mass is 215 g/mol. The van der Waals surface area contributed by atoms with Crippen molar-refractivity contribution in [3.8, 4) is 0 Å². The lowest BCUT2D eigenvalue weighted by molar-refractivity contribution is 0.186. The highest BCUT2D eigenvalue weighted by Gasteiger charge is 2.12. The molecule has 0 fully saturated rings. The molecule has 1 N–H and O–H groups in total. The van der Waals surface area contributed by atoms with Crippen LogP contribution in [-0.2, 0) is 4.74 Å². The maximum atomic E-state index is 5.10. The zero-order chi connectivity index (χ0) is 11.5. The minimum Gasteiger partial charge on any atom is -0.385 e. The first-order chi connectivity index (χ1) is 7.28. The number of hydrogen-bond acceptors (Lipinski definition) is 2. The van der Waals surface area contributed by atoms with Crippen LogP contribution in [0.4, 0.5) is 0 Å². The van der Waals surface area contributed by atoms with Crippen LogP contribution < -0.4 is 5.32 Å².